The number of rotatable bonds is 0. The van der Waals surface area contributed by atoms with Crippen molar-refractivity contribution in [2.75, 3.05) is 0 Å². The highest BCUT2D eigenvalue weighted by Gasteiger charge is 2.15. The minimum atomic E-state index is 1.02. The zero-order chi connectivity index (χ0) is 9.98. The van der Waals surface area contributed by atoms with Crippen molar-refractivity contribution < 1.29 is 0 Å². The predicted molar refractivity (Wildman–Crippen MR) is 59.3 cm³/mol. The summed E-state index contributed by atoms with van der Waals surface area (Å²) in [6, 6.07) is 0. The van der Waals surface area contributed by atoms with E-state index in [9.17, 15) is 0 Å². The van der Waals surface area contributed by atoms with E-state index in [2.05, 4.69) is 33.6 Å². The summed E-state index contributed by atoms with van der Waals surface area (Å²) < 4.78 is 0. The van der Waals surface area contributed by atoms with Crippen LogP contribution in [0.2, 0.25) is 0 Å². The number of hydrogen-bond donors (Lipinski definition) is 0. The third-order valence-corrected chi connectivity index (χ3v) is 1.96. The zero-order valence-corrected chi connectivity index (χ0v) is 8.97. The molecular weight excluding hydrogens is 144 g/mol. The van der Waals surface area contributed by atoms with Crippen LogP contribution in [0.4, 0.5) is 0 Å². The molecule has 0 radical (unpaired) electrons. The van der Waals surface area contributed by atoms with Crippen molar-refractivity contribution in [2.45, 2.75) is 40.0 Å². The summed E-state index contributed by atoms with van der Waals surface area (Å²) in [7, 11) is 0. The van der Waals surface area contributed by atoms with Crippen LogP contribution in [0.25, 0.3) is 0 Å². The molecule has 0 aromatic carbocycles. The maximum absolute atomic E-state index is 3.36. The minimum Gasteiger partial charge on any atom is -0.106 e. The first-order valence-electron chi connectivity index (χ1n) is 4.77. The van der Waals surface area contributed by atoms with Crippen LogP contribution in [-0.2, 0) is 0 Å². The van der Waals surface area contributed by atoms with Gasteiger partial charge in [-0.15, -0.1) is 19.7 Å². The van der Waals surface area contributed by atoms with Crippen molar-refractivity contribution in [3.05, 3.63) is 25.8 Å². The summed E-state index contributed by atoms with van der Waals surface area (Å²) >= 11 is 0. The smallest absolute Gasteiger partial charge is 0.0440 e. The lowest BCUT2D eigenvalue weighted by Gasteiger charge is -1.96. The third-order valence-electron chi connectivity index (χ3n) is 1.96. The molecule has 0 N–H and O–H groups in total. The quantitative estimate of drug-likeness (QED) is 0.469. The average Bonchev–Trinajstić information content (AvgIpc) is 2.40. The van der Waals surface area contributed by atoms with Gasteiger partial charge in [-0.3, -0.25) is 0 Å². The first kappa shape index (κ1) is 14.0. The van der Waals surface area contributed by atoms with Gasteiger partial charge in [-0.1, -0.05) is 32.8 Å². The standard InChI is InChI=1S/C7H14.C3H6.C2H4/c1-6-3-4-7(2)5-6;1-3-2;1-2/h6-7H,3-5H2,1-2H3;3H,1H2,2H3;1-2H2. The molecule has 1 saturated carbocycles. The van der Waals surface area contributed by atoms with Crippen LogP contribution in [-0.4, -0.2) is 0 Å². The molecule has 0 heteroatoms. The van der Waals surface area contributed by atoms with Crippen LogP contribution in [0.15, 0.2) is 25.8 Å². The van der Waals surface area contributed by atoms with Crippen LogP contribution in [0.5, 0.6) is 0 Å². The van der Waals surface area contributed by atoms with Gasteiger partial charge in [-0.2, -0.15) is 0 Å². The van der Waals surface area contributed by atoms with Gasteiger partial charge in [0.1, 0.15) is 0 Å². The van der Waals surface area contributed by atoms with E-state index in [0.717, 1.165) is 11.8 Å². The molecule has 0 nitrogen and oxygen atoms in total. The molecule has 1 aliphatic carbocycles. The fourth-order valence-corrected chi connectivity index (χ4v) is 1.49. The van der Waals surface area contributed by atoms with E-state index in [0.29, 0.717) is 0 Å². The predicted octanol–water partition coefficient (Wildman–Crippen LogP) is 4.44. The molecule has 1 rings (SSSR count). The Labute approximate surface area is 78.4 Å². The second-order valence-electron chi connectivity index (χ2n) is 3.43. The molecule has 0 spiro atoms. The van der Waals surface area contributed by atoms with E-state index in [1.165, 1.54) is 19.3 Å². The fourth-order valence-electron chi connectivity index (χ4n) is 1.49. The molecule has 0 aromatic heterocycles. The fraction of sp³-hybridized carbons (Fsp3) is 0.667. The number of allylic oxidation sites excluding steroid dienone is 1. The lowest BCUT2D eigenvalue weighted by Crippen LogP contribution is -1.84. The number of hydrogen-bond acceptors (Lipinski definition) is 0. The van der Waals surface area contributed by atoms with Gasteiger partial charge in [0.05, 0.1) is 0 Å². The van der Waals surface area contributed by atoms with Crippen LogP contribution in [0, 0.1) is 11.8 Å². The minimum absolute atomic E-state index is 1.02. The van der Waals surface area contributed by atoms with E-state index in [1.807, 2.05) is 6.92 Å². The lowest BCUT2D eigenvalue weighted by molar-refractivity contribution is 0.555. The Kier molecular flexibility index (Phi) is 12.3. The van der Waals surface area contributed by atoms with Crippen molar-refractivity contribution in [3.8, 4) is 0 Å². The van der Waals surface area contributed by atoms with Gasteiger partial charge in [0, 0.05) is 0 Å². The Morgan fingerprint density at radius 1 is 1.08 bits per heavy atom. The van der Waals surface area contributed by atoms with Gasteiger partial charge in [0.15, 0.2) is 0 Å². The highest BCUT2D eigenvalue weighted by molar-refractivity contribution is 4.68. The van der Waals surface area contributed by atoms with Crippen LogP contribution < -0.4 is 0 Å². The third kappa shape index (κ3) is 9.48. The van der Waals surface area contributed by atoms with Crippen molar-refractivity contribution in [1.82, 2.24) is 0 Å². The molecule has 1 fully saturated rings. The molecule has 0 aromatic rings. The summed E-state index contributed by atoms with van der Waals surface area (Å²) in [5.74, 6) is 2.05. The Morgan fingerprint density at radius 3 is 1.42 bits per heavy atom. The Hall–Kier alpha value is -0.520. The maximum atomic E-state index is 3.36. The molecule has 12 heavy (non-hydrogen) atoms. The highest BCUT2D eigenvalue weighted by Crippen LogP contribution is 2.29. The Balaban J connectivity index is 0. The summed E-state index contributed by atoms with van der Waals surface area (Å²) in [6.45, 7) is 16.0. The maximum Gasteiger partial charge on any atom is -0.0440 e. The van der Waals surface area contributed by atoms with E-state index < -0.39 is 0 Å². The molecule has 0 saturated heterocycles. The normalized spacial score (nSPS) is 25.9. The Morgan fingerprint density at radius 2 is 1.33 bits per heavy atom. The SMILES string of the molecule is C=C.C=CC.CC1CCC(C)C1. The summed E-state index contributed by atoms with van der Waals surface area (Å²) in [4.78, 5) is 0. The second-order valence-corrected chi connectivity index (χ2v) is 3.43. The highest BCUT2D eigenvalue weighted by atomic mass is 14.2. The molecular formula is C12H24. The first-order valence-corrected chi connectivity index (χ1v) is 4.77. The zero-order valence-electron chi connectivity index (χ0n) is 8.97. The van der Waals surface area contributed by atoms with Gasteiger partial charge < -0.3 is 0 Å². The molecule has 0 heterocycles. The molecule has 0 bridgehead atoms. The van der Waals surface area contributed by atoms with Crippen LogP contribution in [0.1, 0.15) is 40.0 Å². The average molecular weight is 168 g/mol. The van der Waals surface area contributed by atoms with Gasteiger partial charge in [-0.25, -0.2) is 0 Å². The van der Waals surface area contributed by atoms with E-state index in [1.54, 1.807) is 6.08 Å². The van der Waals surface area contributed by atoms with Crippen molar-refractivity contribution in [2.24, 2.45) is 11.8 Å². The van der Waals surface area contributed by atoms with E-state index in [-0.39, 0.29) is 0 Å². The lowest BCUT2D eigenvalue weighted by atomic mass is 10.1. The van der Waals surface area contributed by atoms with Gasteiger partial charge in [0.2, 0.25) is 0 Å². The molecule has 2 unspecified atom stereocenters. The molecule has 0 aliphatic heterocycles. The molecule has 1 aliphatic rings. The van der Waals surface area contributed by atoms with Gasteiger partial charge in [0.25, 0.3) is 0 Å². The molecule has 72 valence electrons. The van der Waals surface area contributed by atoms with Crippen molar-refractivity contribution >= 4 is 0 Å². The second kappa shape index (κ2) is 10.5. The summed E-state index contributed by atoms with van der Waals surface area (Å²) in [5, 5.41) is 0. The van der Waals surface area contributed by atoms with Crippen molar-refractivity contribution in [1.29, 1.82) is 0 Å². The Bertz CT molecular complexity index is 86.2. The topological polar surface area (TPSA) is 0 Å². The first-order chi connectivity index (χ1) is 5.70. The summed E-state index contributed by atoms with van der Waals surface area (Å²) in [5.41, 5.74) is 0. The largest absolute Gasteiger partial charge is 0.106 e. The van der Waals surface area contributed by atoms with Crippen LogP contribution in [0.3, 0.4) is 0 Å². The monoisotopic (exact) mass is 168 g/mol. The van der Waals surface area contributed by atoms with Gasteiger partial charge in [-0.05, 0) is 25.2 Å². The molecule has 0 amide bonds. The summed E-state index contributed by atoms with van der Waals surface area (Å²) in [6.07, 6.45) is 6.17. The van der Waals surface area contributed by atoms with Gasteiger partial charge >= 0.3 is 0 Å². The molecule has 2 atom stereocenters. The van der Waals surface area contributed by atoms with E-state index in [4.69, 9.17) is 0 Å². The van der Waals surface area contributed by atoms with E-state index >= 15 is 0 Å². The van der Waals surface area contributed by atoms with Crippen molar-refractivity contribution in [3.63, 3.8) is 0 Å². The van der Waals surface area contributed by atoms with Crippen LogP contribution >= 0.6 is 0 Å².